The Balaban J connectivity index is 2.00. The van der Waals surface area contributed by atoms with Crippen LogP contribution in [0, 0.1) is 0 Å². The van der Waals surface area contributed by atoms with E-state index in [1.807, 2.05) is 38.1 Å². The molecule has 0 spiro atoms. The average Bonchev–Trinajstić information content (AvgIpc) is 2.40. The van der Waals surface area contributed by atoms with Gasteiger partial charge >= 0.3 is 0 Å². The van der Waals surface area contributed by atoms with Crippen LogP contribution in [-0.2, 0) is 6.54 Å². The van der Waals surface area contributed by atoms with E-state index in [-0.39, 0.29) is 6.10 Å². The first kappa shape index (κ1) is 13.6. The van der Waals surface area contributed by atoms with E-state index in [2.05, 4.69) is 15.3 Å². The van der Waals surface area contributed by atoms with Gasteiger partial charge in [0.25, 0.3) is 0 Å². The smallest absolute Gasteiger partial charge is 0.138 e. The SMILES string of the molecule is CC(C)Oc1ccc(NCc2ccncn2)cc1Cl. The molecule has 19 heavy (non-hydrogen) atoms. The van der Waals surface area contributed by atoms with Gasteiger partial charge in [0.15, 0.2) is 0 Å². The van der Waals surface area contributed by atoms with Crippen LogP contribution in [0.1, 0.15) is 19.5 Å². The van der Waals surface area contributed by atoms with Crippen molar-refractivity contribution < 1.29 is 4.74 Å². The first-order valence-corrected chi connectivity index (χ1v) is 6.48. The van der Waals surface area contributed by atoms with Gasteiger partial charge in [-0.25, -0.2) is 9.97 Å². The second-order valence-electron chi connectivity index (χ2n) is 4.37. The van der Waals surface area contributed by atoms with Crippen molar-refractivity contribution in [2.75, 3.05) is 5.32 Å². The van der Waals surface area contributed by atoms with Gasteiger partial charge in [-0.15, -0.1) is 0 Å². The maximum absolute atomic E-state index is 6.16. The summed E-state index contributed by atoms with van der Waals surface area (Å²) in [4.78, 5) is 8.02. The molecule has 1 N–H and O–H groups in total. The second kappa shape index (κ2) is 6.38. The summed E-state index contributed by atoms with van der Waals surface area (Å²) in [6.07, 6.45) is 3.36. The fraction of sp³-hybridized carbons (Fsp3) is 0.286. The van der Waals surface area contributed by atoms with Crippen molar-refractivity contribution >= 4 is 17.3 Å². The number of nitrogens with one attached hydrogen (secondary N) is 1. The standard InChI is InChI=1S/C14H16ClN3O/c1-10(2)19-14-4-3-11(7-13(14)15)17-8-12-5-6-16-9-18-12/h3-7,9-10,17H,8H2,1-2H3. The van der Waals surface area contributed by atoms with E-state index >= 15 is 0 Å². The largest absolute Gasteiger partial charge is 0.489 e. The van der Waals surface area contributed by atoms with Gasteiger partial charge in [0, 0.05) is 11.9 Å². The molecule has 1 aromatic carbocycles. The summed E-state index contributed by atoms with van der Waals surface area (Å²) in [6.45, 7) is 4.57. The molecule has 0 saturated carbocycles. The highest BCUT2D eigenvalue weighted by Crippen LogP contribution is 2.28. The molecule has 1 aromatic heterocycles. The number of aromatic nitrogens is 2. The number of rotatable bonds is 5. The Morgan fingerprint density at radius 3 is 2.79 bits per heavy atom. The first-order valence-electron chi connectivity index (χ1n) is 6.10. The molecule has 4 nitrogen and oxygen atoms in total. The number of hydrogen-bond acceptors (Lipinski definition) is 4. The third-order valence-electron chi connectivity index (χ3n) is 2.41. The molecule has 0 aliphatic rings. The van der Waals surface area contributed by atoms with Gasteiger partial charge in [0.1, 0.15) is 12.1 Å². The van der Waals surface area contributed by atoms with Crippen molar-refractivity contribution in [3.63, 3.8) is 0 Å². The zero-order chi connectivity index (χ0) is 13.7. The fourth-order valence-electron chi connectivity index (χ4n) is 1.58. The van der Waals surface area contributed by atoms with Crippen LogP contribution in [0.4, 0.5) is 5.69 Å². The Labute approximate surface area is 117 Å². The molecule has 0 aliphatic carbocycles. The second-order valence-corrected chi connectivity index (χ2v) is 4.77. The van der Waals surface area contributed by atoms with E-state index < -0.39 is 0 Å². The molecule has 1 heterocycles. The number of hydrogen-bond donors (Lipinski definition) is 1. The highest BCUT2D eigenvalue weighted by Gasteiger charge is 2.05. The van der Waals surface area contributed by atoms with Gasteiger partial charge in [0.05, 0.1) is 23.4 Å². The minimum absolute atomic E-state index is 0.109. The molecule has 0 bridgehead atoms. The van der Waals surface area contributed by atoms with Crippen molar-refractivity contribution in [3.05, 3.63) is 47.5 Å². The van der Waals surface area contributed by atoms with E-state index in [9.17, 15) is 0 Å². The van der Waals surface area contributed by atoms with Gasteiger partial charge < -0.3 is 10.1 Å². The predicted octanol–water partition coefficient (Wildman–Crippen LogP) is 3.53. The maximum atomic E-state index is 6.16. The molecule has 0 aliphatic heterocycles. The molecule has 0 saturated heterocycles. The number of anilines is 1. The Kier molecular flexibility index (Phi) is 4.58. The monoisotopic (exact) mass is 277 g/mol. The van der Waals surface area contributed by atoms with Crippen LogP contribution < -0.4 is 10.1 Å². The minimum Gasteiger partial charge on any atom is -0.489 e. The molecule has 0 fully saturated rings. The number of halogens is 1. The first-order chi connectivity index (χ1) is 9.15. The molecule has 100 valence electrons. The molecule has 0 amide bonds. The van der Waals surface area contributed by atoms with E-state index in [0.29, 0.717) is 17.3 Å². The van der Waals surface area contributed by atoms with Gasteiger partial charge in [-0.3, -0.25) is 0 Å². The number of nitrogens with zero attached hydrogens (tertiary/aromatic N) is 2. The molecular formula is C14H16ClN3O. The lowest BCUT2D eigenvalue weighted by Crippen LogP contribution is -2.06. The maximum Gasteiger partial charge on any atom is 0.138 e. The lowest BCUT2D eigenvalue weighted by molar-refractivity contribution is 0.242. The van der Waals surface area contributed by atoms with Gasteiger partial charge in [0.2, 0.25) is 0 Å². The van der Waals surface area contributed by atoms with E-state index in [0.717, 1.165) is 11.4 Å². The van der Waals surface area contributed by atoms with Crippen LogP contribution in [0.5, 0.6) is 5.75 Å². The summed E-state index contributed by atoms with van der Waals surface area (Å²) in [5, 5.41) is 3.85. The Hall–Kier alpha value is -1.81. The fourth-order valence-corrected chi connectivity index (χ4v) is 1.80. The van der Waals surface area contributed by atoms with Gasteiger partial charge in [-0.1, -0.05) is 11.6 Å². The quantitative estimate of drug-likeness (QED) is 0.908. The van der Waals surface area contributed by atoms with Gasteiger partial charge in [-0.05, 0) is 38.1 Å². The number of ether oxygens (including phenoxy) is 1. The molecule has 0 unspecified atom stereocenters. The van der Waals surface area contributed by atoms with Crippen molar-refractivity contribution in [1.29, 1.82) is 0 Å². The Bertz CT molecular complexity index is 531. The van der Waals surface area contributed by atoms with E-state index in [1.54, 1.807) is 6.20 Å². The highest BCUT2D eigenvalue weighted by atomic mass is 35.5. The molecule has 5 heteroatoms. The third kappa shape index (κ3) is 4.10. The number of benzene rings is 1. The Morgan fingerprint density at radius 1 is 1.32 bits per heavy atom. The summed E-state index contributed by atoms with van der Waals surface area (Å²) in [5.74, 6) is 0.698. The lowest BCUT2D eigenvalue weighted by Gasteiger charge is -2.13. The average molecular weight is 278 g/mol. The summed E-state index contributed by atoms with van der Waals surface area (Å²) in [5.41, 5.74) is 1.85. The van der Waals surface area contributed by atoms with E-state index in [4.69, 9.17) is 16.3 Å². The van der Waals surface area contributed by atoms with Crippen molar-refractivity contribution in [2.45, 2.75) is 26.5 Å². The van der Waals surface area contributed by atoms with Crippen LogP contribution in [0.15, 0.2) is 36.8 Å². The van der Waals surface area contributed by atoms with Crippen molar-refractivity contribution in [1.82, 2.24) is 9.97 Å². The van der Waals surface area contributed by atoms with Gasteiger partial charge in [-0.2, -0.15) is 0 Å². The van der Waals surface area contributed by atoms with Crippen LogP contribution in [0.3, 0.4) is 0 Å². The Morgan fingerprint density at radius 2 is 2.16 bits per heavy atom. The zero-order valence-corrected chi connectivity index (χ0v) is 11.7. The highest BCUT2D eigenvalue weighted by molar-refractivity contribution is 6.32. The molecule has 0 atom stereocenters. The van der Waals surface area contributed by atoms with Crippen molar-refractivity contribution in [3.8, 4) is 5.75 Å². The van der Waals surface area contributed by atoms with E-state index in [1.165, 1.54) is 6.33 Å². The summed E-state index contributed by atoms with van der Waals surface area (Å²) >= 11 is 6.16. The van der Waals surface area contributed by atoms with Crippen LogP contribution in [0.25, 0.3) is 0 Å². The van der Waals surface area contributed by atoms with Crippen LogP contribution in [0.2, 0.25) is 5.02 Å². The zero-order valence-electron chi connectivity index (χ0n) is 10.9. The molecule has 2 rings (SSSR count). The minimum atomic E-state index is 0.109. The van der Waals surface area contributed by atoms with Crippen LogP contribution >= 0.6 is 11.6 Å². The summed E-state index contributed by atoms with van der Waals surface area (Å²) in [6, 6.07) is 7.51. The lowest BCUT2D eigenvalue weighted by atomic mass is 10.3. The van der Waals surface area contributed by atoms with Crippen molar-refractivity contribution in [2.24, 2.45) is 0 Å². The topological polar surface area (TPSA) is 47.0 Å². The summed E-state index contributed by atoms with van der Waals surface area (Å²) in [7, 11) is 0. The summed E-state index contributed by atoms with van der Waals surface area (Å²) < 4.78 is 5.58. The predicted molar refractivity (Wildman–Crippen MR) is 76.6 cm³/mol. The molecule has 2 aromatic rings. The molecule has 0 radical (unpaired) electrons. The van der Waals surface area contributed by atoms with Crippen LogP contribution in [-0.4, -0.2) is 16.1 Å². The third-order valence-corrected chi connectivity index (χ3v) is 2.71. The normalized spacial score (nSPS) is 10.5. The molecular weight excluding hydrogens is 262 g/mol.